The number of H-pyrrole nitrogens is 1. The number of aromatic amines is 1. The third-order valence-corrected chi connectivity index (χ3v) is 2.50. The van der Waals surface area contributed by atoms with Crippen LogP contribution >= 0.6 is 0 Å². The molecule has 0 radical (unpaired) electrons. The summed E-state index contributed by atoms with van der Waals surface area (Å²) in [7, 11) is 0. The minimum atomic E-state index is 0.00125. The molecule has 0 fully saturated rings. The highest BCUT2D eigenvalue weighted by molar-refractivity contribution is 5.76. The maximum Gasteiger partial charge on any atom is 0.220 e. The van der Waals surface area contributed by atoms with Crippen molar-refractivity contribution in [1.82, 2.24) is 15.5 Å². The largest absolute Gasteiger partial charge is 0.355 e. The summed E-state index contributed by atoms with van der Waals surface area (Å²) < 4.78 is 0. The van der Waals surface area contributed by atoms with E-state index in [4.69, 9.17) is 5.73 Å². The highest BCUT2D eigenvalue weighted by Gasteiger charge is 2.09. The van der Waals surface area contributed by atoms with E-state index < -0.39 is 0 Å². The molecule has 1 unspecified atom stereocenters. The van der Waals surface area contributed by atoms with Gasteiger partial charge in [0.1, 0.15) is 0 Å². The van der Waals surface area contributed by atoms with E-state index >= 15 is 0 Å². The van der Waals surface area contributed by atoms with E-state index in [1.807, 2.05) is 20.8 Å². The molecule has 1 atom stereocenters. The van der Waals surface area contributed by atoms with Crippen molar-refractivity contribution in [2.75, 3.05) is 6.54 Å². The number of rotatable bonds is 5. The Kier molecular flexibility index (Phi) is 4.49. The fraction of sp³-hybridized carbons (Fsp3) is 0.636. The van der Waals surface area contributed by atoms with Gasteiger partial charge >= 0.3 is 0 Å². The molecule has 1 rings (SSSR count). The van der Waals surface area contributed by atoms with Crippen LogP contribution in [0.3, 0.4) is 0 Å². The summed E-state index contributed by atoms with van der Waals surface area (Å²) in [6.07, 6.45) is 1.20. The number of aryl methyl sites for hydroxylation is 2. The Labute approximate surface area is 95.8 Å². The Morgan fingerprint density at radius 2 is 2.25 bits per heavy atom. The van der Waals surface area contributed by atoms with Crippen molar-refractivity contribution in [1.29, 1.82) is 0 Å². The average Bonchev–Trinajstić information content (AvgIpc) is 2.53. The first-order valence-electron chi connectivity index (χ1n) is 5.53. The topological polar surface area (TPSA) is 83.8 Å². The van der Waals surface area contributed by atoms with Gasteiger partial charge in [-0.25, -0.2) is 0 Å². The van der Waals surface area contributed by atoms with Crippen molar-refractivity contribution in [2.45, 2.75) is 39.7 Å². The van der Waals surface area contributed by atoms with Crippen molar-refractivity contribution in [3.63, 3.8) is 0 Å². The Balaban J connectivity index is 2.37. The maximum atomic E-state index is 11.5. The summed E-state index contributed by atoms with van der Waals surface area (Å²) in [5.74, 6) is 0.0392. The monoisotopic (exact) mass is 224 g/mol. The molecule has 4 N–H and O–H groups in total. The number of nitrogens with one attached hydrogen (secondary N) is 2. The number of hydrogen-bond acceptors (Lipinski definition) is 3. The van der Waals surface area contributed by atoms with E-state index in [1.165, 1.54) is 0 Å². The molecule has 0 aliphatic heterocycles. The van der Waals surface area contributed by atoms with Crippen LogP contribution < -0.4 is 11.1 Å². The lowest BCUT2D eigenvalue weighted by Gasteiger charge is -2.07. The van der Waals surface area contributed by atoms with E-state index in [0.717, 1.165) is 23.4 Å². The molecule has 1 aromatic heterocycles. The van der Waals surface area contributed by atoms with Crippen LogP contribution in [0.5, 0.6) is 0 Å². The zero-order valence-electron chi connectivity index (χ0n) is 10.1. The lowest BCUT2D eigenvalue weighted by Crippen LogP contribution is -2.35. The number of nitrogens with zero attached hydrogens (tertiary/aromatic N) is 1. The van der Waals surface area contributed by atoms with Crippen molar-refractivity contribution in [3.05, 3.63) is 17.0 Å². The lowest BCUT2D eigenvalue weighted by atomic mass is 10.1. The Bertz CT molecular complexity index is 337. The summed E-state index contributed by atoms with van der Waals surface area (Å²) in [5, 5.41) is 9.79. The summed E-state index contributed by atoms with van der Waals surface area (Å²) in [4.78, 5) is 11.5. The molecule has 0 bridgehead atoms. The minimum absolute atomic E-state index is 0.00125. The minimum Gasteiger partial charge on any atom is -0.355 e. The van der Waals surface area contributed by atoms with E-state index in [0.29, 0.717) is 13.0 Å². The zero-order chi connectivity index (χ0) is 12.1. The molecule has 0 aromatic carbocycles. The summed E-state index contributed by atoms with van der Waals surface area (Å²) in [6, 6.07) is 0.00125. The fourth-order valence-electron chi connectivity index (χ4n) is 1.54. The smallest absolute Gasteiger partial charge is 0.220 e. The predicted octanol–water partition coefficient (Wildman–Crippen LogP) is 0.423. The summed E-state index contributed by atoms with van der Waals surface area (Å²) >= 11 is 0. The fourth-order valence-corrected chi connectivity index (χ4v) is 1.54. The van der Waals surface area contributed by atoms with E-state index in [2.05, 4.69) is 15.5 Å². The Morgan fingerprint density at radius 1 is 1.56 bits per heavy atom. The van der Waals surface area contributed by atoms with Gasteiger partial charge in [-0.3, -0.25) is 9.89 Å². The van der Waals surface area contributed by atoms with Crippen molar-refractivity contribution >= 4 is 5.91 Å². The van der Waals surface area contributed by atoms with Crippen LogP contribution in [0.25, 0.3) is 0 Å². The van der Waals surface area contributed by atoms with Gasteiger partial charge in [-0.05, 0) is 32.8 Å². The third kappa shape index (κ3) is 3.66. The van der Waals surface area contributed by atoms with Crippen LogP contribution in [-0.2, 0) is 11.2 Å². The van der Waals surface area contributed by atoms with Crippen molar-refractivity contribution in [3.8, 4) is 0 Å². The molecule has 5 heteroatoms. The highest BCUT2D eigenvalue weighted by atomic mass is 16.1. The van der Waals surface area contributed by atoms with E-state index in [9.17, 15) is 4.79 Å². The number of nitrogens with two attached hydrogens (primary N) is 1. The second kappa shape index (κ2) is 5.65. The standard InChI is InChI=1S/C11H20N4O/c1-7(12)6-13-11(16)5-4-10-8(2)14-15-9(10)3/h7H,4-6,12H2,1-3H3,(H,13,16)(H,14,15). The van der Waals surface area contributed by atoms with Crippen LogP contribution in [0.1, 0.15) is 30.3 Å². The van der Waals surface area contributed by atoms with Crippen LogP contribution in [-0.4, -0.2) is 28.7 Å². The molecule has 0 saturated heterocycles. The van der Waals surface area contributed by atoms with Gasteiger partial charge in [0.25, 0.3) is 0 Å². The van der Waals surface area contributed by atoms with Gasteiger partial charge < -0.3 is 11.1 Å². The quantitative estimate of drug-likeness (QED) is 0.678. The molecular weight excluding hydrogens is 204 g/mol. The molecule has 0 aliphatic rings. The van der Waals surface area contributed by atoms with Crippen LogP contribution in [0.15, 0.2) is 0 Å². The first kappa shape index (κ1) is 12.7. The molecular formula is C11H20N4O. The third-order valence-electron chi connectivity index (χ3n) is 2.50. The Morgan fingerprint density at radius 3 is 2.75 bits per heavy atom. The van der Waals surface area contributed by atoms with Crippen molar-refractivity contribution < 1.29 is 4.79 Å². The van der Waals surface area contributed by atoms with E-state index in [1.54, 1.807) is 0 Å². The van der Waals surface area contributed by atoms with Crippen LogP contribution in [0, 0.1) is 13.8 Å². The molecule has 1 heterocycles. The molecule has 0 aliphatic carbocycles. The zero-order valence-corrected chi connectivity index (χ0v) is 10.1. The van der Waals surface area contributed by atoms with Crippen LogP contribution in [0.4, 0.5) is 0 Å². The highest BCUT2D eigenvalue weighted by Crippen LogP contribution is 2.11. The van der Waals surface area contributed by atoms with Gasteiger partial charge in [-0.2, -0.15) is 5.10 Å². The molecule has 0 saturated carbocycles. The Hall–Kier alpha value is -1.36. The molecule has 90 valence electrons. The molecule has 1 aromatic rings. The second-order valence-corrected chi connectivity index (χ2v) is 4.19. The predicted molar refractivity (Wildman–Crippen MR) is 63.0 cm³/mol. The van der Waals surface area contributed by atoms with Gasteiger partial charge in [0.05, 0.1) is 5.69 Å². The number of aromatic nitrogens is 2. The van der Waals surface area contributed by atoms with E-state index in [-0.39, 0.29) is 11.9 Å². The summed E-state index contributed by atoms with van der Waals surface area (Å²) in [6.45, 7) is 6.31. The molecule has 0 spiro atoms. The SMILES string of the molecule is Cc1n[nH]c(C)c1CCC(=O)NCC(C)N. The molecule has 16 heavy (non-hydrogen) atoms. The number of amides is 1. The first-order chi connectivity index (χ1) is 7.50. The summed E-state index contributed by atoms with van der Waals surface area (Å²) in [5.41, 5.74) is 8.69. The van der Waals surface area contributed by atoms with Crippen molar-refractivity contribution in [2.24, 2.45) is 5.73 Å². The van der Waals surface area contributed by atoms with Gasteiger partial charge in [-0.15, -0.1) is 0 Å². The van der Waals surface area contributed by atoms with Crippen LogP contribution in [0.2, 0.25) is 0 Å². The maximum absolute atomic E-state index is 11.5. The number of carbonyl (C=O) groups excluding carboxylic acids is 1. The second-order valence-electron chi connectivity index (χ2n) is 4.19. The number of hydrogen-bond donors (Lipinski definition) is 3. The molecule has 5 nitrogen and oxygen atoms in total. The van der Waals surface area contributed by atoms with Gasteiger partial charge in [-0.1, -0.05) is 0 Å². The normalized spacial score (nSPS) is 12.5. The number of carbonyl (C=O) groups is 1. The lowest BCUT2D eigenvalue weighted by molar-refractivity contribution is -0.121. The first-order valence-corrected chi connectivity index (χ1v) is 5.53. The molecule has 1 amide bonds. The van der Waals surface area contributed by atoms with Gasteiger partial charge in [0.15, 0.2) is 0 Å². The average molecular weight is 224 g/mol. The van der Waals surface area contributed by atoms with Gasteiger partial charge in [0, 0.05) is 24.7 Å². The van der Waals surface area contributed by atoms with Gasteiger partial charge in [0.2, 0.25) is 5.91 Å².